The number of amides is 2. The summed E-state index contributed by atoms with van der Waals surface area (Å²) in [4.78, 5) is 35.8. The third kappa shape index (κ3) is 4.82. The largest absolute Gasteiger partial charge is 0.484 e. The summed E-state index contributed by atoms with van der Waals surface area (Å²) in [6.07, 6.45) is 1.50. The lowest BCUT2D eigenvalue weighted by Crippen LogP contribution is -2.21. The highest BCUT2D eigenvalue weighted by molar-refractivity contribution is 7.15. The second-order valence-corrected chi connectivity index (χ2v) is 6.66. The molecular weight excluding hydrogens is 396 g/mol. The van der Waals surface area contributed by atoms with Crippen LogP contribution in [-0.4, -0.2) is 31.0 Å². The first-order chi connectivity index (χ1) is 14.0. The maximum atomic E-state index is 12.4. The van der Waals surface area contributed by atoms with E-state index in [1.807, 2.05) is 0 Å². The van der Waals surface area contributed by atoms with Crippen LogP contribution in [0.1, 0.15) is 27.6 Å². The summed E-state index contributed by atoms with van der Waals surface area (Å²) >= 11 is 1.18. The van der Waals surface area contributed by atoms with Gasteiger partial charge in [-0.2, -0.15) is 0 Å². The number of carbonyl (C=O) groups excluding carboxylic acids is 3. The van der Waals surface area contributed by atoms with Crippen molar-refractivity contribution < 1.29 is 28.3 Å². The lowest BCUT2D eigenvalue weighted by atomic mass is 10.1. The third-order valence-electron chi connectivity index (χ3n) is 3.82. The first-order valence-electron chi connectivity index (χ1n) is 8.64. The Hall–Kier alpha value is -3.59. The number of esters is 1. The Morgan fingerprint density at radius 3 is 2.55 bits per heavy atom. The topological polar surface area (TPSA) is 121 Å². The highest BCUT2D eigenvalue weighted by Crippen LogP contribution is 2.36. The summed E-state index contributed by atoms with van der Waals surface area (Å²) in [6, 6.07) is 9.51. The normalized spacial score (nSPS) is 10.4. The molecule has 2 aromatic heterocycles. The average molecular weight is 414 g/mol. The van der Waals surface area contributed by atoms with Crippen LogP contribution < -0.4 is 15.8 Å². The van der Waals surface area contributed by atoms with Crippen LogP contribution in [0.4, 0.5) is 5.00 Å². The van der Waals surface area contributed by atoms with E-state index in [0.717, 1.165) is 0 Å². The van der Waals surface area contributed by atoms with Gasteiger partial charge < -0.3 is 24.9 Å². The monoisotopic (exact) mass is 414 g/mol. The maximum absolute atomic E-state index is 12.4. The smallest absolute Gasteiger partial charge is 0.341 e. The molecule has 0 atom stereocenters. The van der Waals surface area contributed by atoms with Gasteiger partial charge in [-0.15, -0.1) is 11.3 Å². The molecule has 3 rings (SSSR count). The highest BCUT2D eigenvalue weighted by Gasteiger charge is 2.24. The molecular formula is C20H18N2O6S. The van der Waals surface area contributed by atoms with E-state index in [0.29, 0.717) is 27.6 Å². The molecule has 0 spiro atoms. The molecule has 0 saturated heterocycles. The number of nitrogens with two attached hydrogens (primary N) is 1. The van der Waals surface area contributed by atoms with E-state index < -0.39 is 17.8 Å². The molecule has 1 aromatic carbocycles. The zero-order valence-corrected chi connectivity index (χ0v) is 16.3. The minimum absolute atomic E-state index is 0.198. The van der Waals surface area contributed by atoms with E-state index in [9.17, 15) is 14.4 Å². The van der Waals surface area contributed by atoms with E-state index >= 15 is 0 Å². The number of primary amides is 1. The molecule has 3 N–H and O–H groups in total. The highest BCUT2D eigenvalue weighted by atomic mass is 32.1. The number of nitrogens with one attached hydrogen (secondary N) is 1. The molecule has 0 saturated carbocycles. The summed E-state index contributed by atoms with van der Waals surface area (Å²) in [5, 5.41) is 4.72. The number of ether oxygens (including phenoxy) is 2. The molecule has 9 heteroatoms. The van der Waals surface area contributed by atoms with Crippen LogP contribution in [-0.2, 0) is 9.53 Å². The lowest BCUT2D eigenvalue weighted by Gasteiger charge is -2.09. The number of thiophene rings is 1. The second kappa shape index (κ2) is 9.07. The van der Waals surface area contributed by atoms with Gasteiger partial charge in [-0.1, -0.05) is 0 Å². The van der Waals surface area contributed by atoms with Gasteiger partial charge in [0.05, 0.1) is 12.9 Å². The van der Waals surface area contributed by atoms with Crippen LogP contribution in [0, 0.1) is 0 Å². The van der Waals surface area contributed by atoms with Crippen molar-refractivity contribution in [2.24, 2.45) is 5.73 Å². The van der Waals surface area contributed by atoms with Crippen molar-refractivity contribution in [3.05, 3.63) is 59.2 Å². The van der Waals surface area contributed by atoms with Crippen molar-refractivity contribution in [1.82, 2.24) is 0 Å². The van der Waals surface area contributed by atoms with Crippen LogP contribution in [0.2, 0.25) is 0 Å². The predicted octanol–water partition coefficient (Wildman–Crippen LogP) is 3.30. The van der Waals surface area contributed by atoms with Gasteiger partial charge in [-0.3, -0.25) is 9.59 Å². The predicted molar refractivity (Wildman–Crippen MR) is 107 cm³/mol. The van der Waals surface area contributed by atoms with Gasteiger partial charge in [0.15, 0.2) is 6.61 Å². The minimum Gasteiger partial charge on any atom is -0.484 e. The molecule has 3 aromatic rings. The van der Waals surface area contributed by atoms with Crippen molar-refractivity contribution in [1.29, 1.82) is 0 Å². The van der Waals surface area contributed by atoms with E-state index in [2.05, 4.69) is 5.32 Å². The van der Waals surface area contributed by atoms with Crippen molar-refractivity contribution in [2.75, 3.05) is 18.5 Å². The number of rotatable bonds is 8. The Bertz CT molecular complexity index is 1010. The summed E-state index contributed by atoms with van der Waals surface area (Å²) in [7, 11) is 0. The van der Waals surface area contributed by atoms with Gasteiger partial charge in [-0.05, 0) is 43.3 Å². The minimum atomic E-state index is -0.557. The van der Waals surface area contributed by atoms with Crippen molar-refractivity contribution in [3.8, 4) is 17.1 Å². The lowest BCUT2D eigenvalue weighted by molar-refractivity contribution is -0.118. The number of hydrogen-bond acceptors (Lipinski definition) is 7. The SMILES string of the molecule is CCOC(=O)c1c(-c2ccco2)csc1NC(=O)COc1ccc(C(N)=O)cc1. The standard InChI is InChI=1S/C20H18N2O6S/c1-2-26-20(25)17-14(15-4-3-9-27-15)11-29-19(17)22-16(23)10-28-13-7-5-12(6-8-13)18(21)24/h3-9,11H,2,10H2,1H3,(H2,21,24)(H,22,23). The molecule has 0 fully saturated rings. The van der Waals surface area contributed by atoms with E-state index in [1.54, 1.807) is 24.4 Å². The molecule has 0 aliphatic carbocycles. The first kappa shape index (κ1) is 20.2. The second-order valence-electron chi connectivity index (χ2n) is 5.78. The van der Waals surface area contributed by atoms with Gasteiger partial charge in [-0.25, -0.2) is 4.79 Å². The molecule has 29 heavy (non-hydrogen) atoms. The fourth-order valence-corrected chi connectivity index (χ4v) is 3.45. The third-order valence-corrected chi connectivity index (χ3v) is 4.71. The summed E-state index contributed by atoms with van der Waals surface area (Å²) in [5.41, 5.74) is 6.29. The van der Waals surface area contributed by atoms with Crippen LogP contribution in [0.3, 0.4) is 0 Å². The Labute approximate surface area is 170 Å². The Kier molecular flexibility index (Phi) is 6.30. The van der Waals surface area contributed by atoms with Crippen molar-refractivity contribution >= 4 is 34.1 Å². The molecule has 8 nitrogen and oxygen atoms in total. The number of hydrogen-bond donors (Lipinski definition) is 2. The van der Waals surface area contributed by atoms with Crippen LogP contribution >= 0.6 is 11.3 Å². The van der Waals surface area contributed by atoms with Crippen molar-refractivity contribution in [2.45, 2.75) is 6.92 Å². The number of benzene rings is 1. The summed E-state index contributed by atoms with van der Waals surface area (Å²) in [5.74, 6) is -0.666. The molecule has 0 unspecified atom stereocenters. The molecule has 0 aliphatic heterocycles. The fraction of sp³-hybridized carbons (Fsp3) is 0.150. The Morgan fingerprint density at radius 2 is 1.93 bits per heavy atom. The van der Waals surface area contributed by atoms with Gasteiger partial charge in [0.25, 0.3) is 5.91 Å². The maximum Gasteiger partial charge on any atom is 0.341 e. The molecule has 0 bridgehead atoms. The molecule has 0 aliphatic rings. The zero-order chi connectivity index (χ0) is 20.8. The number of carbonyl (C=O) groups is 3. The molecule has 150 valence electrons. The summed E-state index contributed by atoms with van der Waals surface area (Å²) in [6.45, 7) is 1.61. The molecule has 2 amide bonds. The zero-order valence-electron chi connectivity index (χ0n) is 15.5. The van der Waals surface area contributed by atoms with E-state index in [-0.39, 0.29) is 18.8 Å². The van der Waals surface area contributed by atoms with Crippen LogP contribution in [0.25, 0.3) is 11.3 Å². The van der Waals surface area contributed by atoms with Gasteiger partial charge in [0.2, 0.25) is 5.91 Å². The van der Waals surface area contributed by atoms with Gasteiger partial charge in [0, 0.05) is 16.5 Å². The van der Waals surface area contributed by atoms with Crippen molar-refractivity contribution in [3.63, 3.8) is 0 Å². The fourth-order valence-electron chi connectivity index (χ4n) is 2.50. The van der Waals surface area contributed by atoms with Gasteiger partial charge in [0.1, 0.15) is 22.1 Å². The Balaban J connectivity index is 1.71. The van der Waals surface area contributed by atoms with Crippen LogP contribution in [0.5, 0.6) is 5.75 Å². The molecule has 2 heterocycles. The number of furan rings is 1. The van der Waals surface area contributed by atoms with E-state index in [4.69, 9.17) is 19.6 Å². The van der Waals surface area contributed by atoms with Crippen LogP contribution in [0.15, 0.2) is 52.5 Å². The average Bonchev–Trinajstić information content (AvgIpc) is 3.36. The first-order valence-corrected chi connectivity index (χ1v) is 9.52. The Morgan fingerprint density at radius 1 is 1.17 bits per heavy atom. The summed E-state index contributed by atoms with van der Waals surface area (Å²) < 4.78 is 15.9. The quantitative estimate of drug-likeness (QED) is 0.546. The van der Waals surface area contributed by atoms with Gasteiger partial charge >= 0.3 is 5.97 Å². The molecule has 0 radical (unpaired) electrons. The number of anilines is 1. The van der Waals surface area contributed by atoms with E-state index in [1.165, 1.54) is 41.9 Å².